The van der Waals surface area contributed by atoms with Crippen molar-refractivity contribution < 1.29 is 9.90 Å². The Bertz CT molecular complexity index is 855. The zero-order chi connectivity index (χ0) is 17.1. The second-order valence-electron chi connectivity index (χ2n) is 5.72. The van der Waals surface area contributed by atoms with Crippen LogP contribution in [0.25, 0.3) is 0 Å². The second kappa shape index (κ2) is 6.93. The molecule has 0 saturated heterocycles. The van der Waals surface area contributed by atoms with E-state index in [0.29, 0.717) is 0 Å². The van der Waals surface area contributed by atoms with Gasteiger partial charge in [-0.3, -0.25) is 0 Å². The summed E-state index contributed by atoms with van der Waals surface area (Å²) in [5.41, 5.74) is 2.36. The van der Waals surface area contributed by atoms with Crippen LogP contribution in [0.15, 0.2) is 87.5 Å². The van der Waals surface area contributed by atoms with Crippen LogP contribution in [-0.4, -0.2) is 5.97 Å². The van der Waals surface area contributed by atoms with Gasteiger partial charge >= 0.3 is 0 Å². The Morgan fingerprint density at radius 2 is 1.38 bits per heavy atom. The number of carboxylic acid groups (broad SMARTS) is 1. The summed E-state index contributed by atoms with van der Waals surface area (Å²) in [6.45, 7) is 3.94. The first-order valence-electron chi connectivity index (χ1n) is 7.74. The summed E-state index contributed by atoms with van der Waals surface area (Å²) in [4.78, 5) is 14.7. The van der Waals surface area contributed by atoms with Crippen molar-refractivity contribution in [3.05, 3.63) is 89.5 Å². The van der Waals surface area contributed by atoms with E-state index < -0.39 is 16.9 Å². The molecule has 0 aliphatic carbocycles. The summed E-state index contributed by atoms with van der Waals surface area (Å²) >= 11 is 0. The predicted octanol–water partition coefficient (Wildman–Crippen LogP) is 3.76. The van der Waals surface area contributed by atoms with Crippen molar-refractivity contribution in [2.45, 2.75) is 28.5 Å². The minimum atomic E-state index is -1.13. The molecule has 120 valence electrons. The molecule has 0 saturated carbocycles. The highest BCUT2D eigenvalue weighted by atomic mass is 32.2. The number of carbonyl (C=O) groups is 1. The highest BCUT2D eigenvalue weighted by Gasteiger charge is 2.31. The fourth-order valence-electron chi connectivity index (χ4n) is 2.60. The van der Waals surface area contributed by atoms with E-state index in [0.717, 1.165) is 20.2 Å². The molecule has 0 N–H and O–H groups in total. The number of rotatable bonds is 4. The lowest BCUT2D eigenvalue weighted by Crippen LogP contribution is -2.25. The fraction of sp³-hybridized carbons (Fsp3) is 0.0952. The van der Waals surface area contributed by atoms with Crippen LogP contribution in [0.2, 0.25) is 0 Å². The predicted molar refractivity (Wildman–Crippen MR) is 95.3 cm³/mol. The maximum atomic E-state index is 11.7. The lowest BCUT2D eigenvalue weighted by molar-refractivity contribution is -0.255. The van der Waals surface area contributed by atoms with Crippen LogP contribution >= 0.6 is 0 Å². The van der Waals surface area contributed by atoms with Crippen LogP contribution in [0.5, 0.6) is 0 Å². The number of aryl methyl sites for hydroxylation is 2. The van der Waals surface area contributed by atoms with E-state index >= 15 is 0 Å². The molecule has 0 aliphatic heterocycles. The number of benzene rings is 3. The van der Waals surface area contributed by atoms with Crippen molar-refractivity contribution >= 4 is 16.9 Å². The standard InChI is InChI=1S/C21H18O2S/c1-15-8-11-18(12-9-15)24(17-6-4-3-5-7-17)20-13-10-16(2)14-19(20)21(22)23/h3-14H,1-2H3. The van der Waals surface area contributed by atoms with Gasteiger partial charge in [0.15, 0.2) is 14.7 Å². The second-order valence-corrected chi connectivity index (χ2v) is 7.71. The molecule has 0 aromatic heterocycles. The molecule has 3 heteroatoms. The number of aromatic carboxylic acids is 1. The Balaban J connectivity index is 2.23. The molecule has 0 radical (unpaired) electrons. The van der Waals surface area contributed by atoms with Gasteiger partial charge in [0, 0.05) is 0 Å². The third-order valence-corrected chi connectivity index (χ3v) is 6.09. The molecule has 0 spiro atoms. The summed E-state index contributed by atoms with van der Waals surface area (Å²) in [5, 5.41) is 11.7. The molecule has 24 heavy (non-hydrogen) atoms. The molecule has 0 bridgehead atoms. The van der Waals surface area contributed by atoms with E-state index in [-0.39, 0.29) is 5.56 Å². The molecule has 0 amide bonds. The first-order chi connectivity index (χ1) is 11.6. The van der Waals surface area contributed by atoms with Gasteiger partial charge in [-0.15, -0.1) is 0 Å². The Kier molecular flexibility index (Phi) is 4.72. The maximum absolute atomic E-state index is 11.7. The third-order valence-electron chi connectivity index (χ3n) is 3.81. The van der Waals surface area contributed by atoms with E-state index in [1.54, 1.807) is 6.07 Å². The Labute approximate surface area is 145 Å². The highest BCUT2D eigenvalue weighted by molar-refractivity contribution is 7.97. The van der Waals surface area contributed by atoms with Gasteiger partial charge in [0.1, 0.15) is 0 Å². The van der Waals surface area contributed by atoms with Gasteiger partial charge in [0.2, 0.25) is 0 Å². The summed E-state index contributed by atoms with van der Waals surface area (Å²) in [5.74, 6) is -1.13. The largest absolute Gasteiger partial charge is 0.545 e. The van der Waals surface area contributed by atoms with Crippen LogP contribution in [0.4, 0.5) is 0 Å². The van der Waals surface area contributed by atoms with E-state index in [1.165, 1.54) is 5.56 Å². The quantitative estimate of drug-likeness (QED) is 0.682. The van der Waals surface area contributed by atoms with Crippen molar-refractivity contribution in [3.8, 4) is 0 Å². The molecule has 2 nitrogen and oxygen atoms in total. The summed E-state index contributed by atoms with van der Waals surface area (Å²) in [6.07, 6.45) is 0. The zero-order valence-electron chi connectivity index (χ0n) is 13.7. The topological polar surface area (TPSA) is 40.1 Å². The first-order valence-corrected chi connectivity index (χ1v) is 8.97. The molecule has 1 atom stereocenters. The maximum Gasteiger partial charge on any atom is 0.175 e. The Hall–Kier alpha value is -2.52. The van der Waals surface area contributed by atoms with Crippen LogP contribution in [-0.2, 0) is 10.9 Å². The Morgan fingerprint density at radius 1 is 0.792 bits per heavy atom. The van der Waals surface area contributed by atoms with Crippen LogP contribution in [0, 0.1) is 13.8 Å². The van der Waals surface area contributed by atoms with Gasteiger partial charge < -0.3 is 9.90 Å². The average molecular weight is 334 g/mol. The fourth-order valence-corrected chi connectivity index (χ4v) is 4.79. The molecule has 1 unspecified atom stereocenters. The summed E-state index contributed by atoms with van der Waals surface area (Å²) < 4.78 is 0. The normalized spacial score (nSPS) is 11.9. The summed E-state index contributed by atoms with van der Waals surface area (Å²) in [6, 6.07) is 23.9. The van der Waals surface area contributed by atoms with E-state index in [9.17, 15) is 9.90 Å². The van der Waals surface area contributed by atoms with Gasteiger partial charge in [0.05, 0.1) is 22.4 Å². The van der Waals surface area contributed by atoms with Gasteiger partial charge in [-0.05, 0) is 50.2 Å². The number of carbonyl (C=O) groups excluding carboxylic acids is 1. The SMILES string of the molecule is Cc1ccc([S+](c2ccccc2)c2ccc(C)cc2C(=O)[O-])cc1. The van der Waals surface area contributed by atoms with Gasteiger partial charge in [-0.25, -0.2) is 0 Å². The van der Waals surface area contributed by atoms with Crippen LogP contribution in [0.1, 0.15) is 21.5 Å². The number of carboxylic acids is 1. The molecule has 3 rings (SSSR count). The molecule has 3 aromatic carbocycles. The first kappa shape index (κ1) is 16.3. The highest BCUT2D eigenvalue weighted by Crippen LogP contribution is 2.33. The molecular weight excluding hydrogens is 316 g/mol. The molecule has 0 aliphatic rings. The Morgan fingerprint density at radius 3 is 2.00 bits per heavy atom. The third kappa shape index (κ3) is 3.36. The smallest absolute Gasteiger partial charge is 0.175 e. The van der Waals surface area contributed by atoms with Crippen LogP contribution in [0.3, 0.4) is 0 Å². The minimum Gasteiger partial charge on any atom is -0.545 e. The minimum absolute atomic E-state index is 0.266. The number of hydrogen-bond donors (Lipinski definition) is 0. The average Bonchev–Trinajstić information content (AvgIpc) is 2.59. The van der Waals surface area contributed by atoms with E-state index in [2.05, 4.69) is 24.3 Å². The van der Waals surface area contributed by atoms with Crippen molar-refractivity contribution in [3.63, 3.8) is 0 Å². The lowest BCUT2D eigenvalue weighted by atomic mass is 10.1. The van der Waals surface area contributed by atoms with Gasteiger partial charge in [0.25, 0.3) is 0 Å². The number of hydrogen-bond acceptors (Lipinski definition) is 2. The lowest BCUT2D eigenvalue weighted by Gasteiger charge is -2.13. The van der Waals surface area contributed by atoms with Crippen molar-refractivity contribution in [1.82, 2.24) is 0 Å². The molecular formula is C21H18O2S. The molecule has 3 aromatic rings. The van der Waals surface area contributed by atoms with Crippen LogP contribution < -0.4 is 5.11 Å². The van der Waals surface area contributed by atoms with Gasteiger partial charge in [-0.2, -0.15) is 0 Å². The van der Waals surface area contributed by atoms with E-state index in [1.807, 2.05) is 56.3 Å². The van der Waals surface area contributed by atoms with Crippen molar-refractivity contribution in [2.75, 3.05) is 0 Å². The van der Waals surface area contributed by atoms with Crippen molar-refractivity contribution in [1.29, 1.82) is 0 Å². The van der Waals surface area contributed by atoms with Gasteiger partial charge in [-0.1, -0.05) is 47.5 Å². The monoisotopic (exact) mass is 334 g/mol. The molecule has 0 heterocycles. The van der Waals surface area contributed by atoms with E-state index in [4.69, 9.17) is 0 Å². The zero-order valence-corrected chi connectivity index (χ0v) is 14.5. The molecule has 0 fully saturated rings. The van der Waals surface area contributed by atoms with Crippen molar-refractivity contribution in [2.24, 2.45) is 0 Å². The summed E-state index contributed by atoms with van der Waals surface area (Å²) in [7, 11) is -0.484.